The summed E-state index contributed by atoms with van der Waals surface area (Å²) >= 11 is 5.54. The van der Waals surface area contributed by atoms with Crippen LogP contribution in [0.1, 0.15) is 0 Å². The highest BCUT2D eigenvalue weighted by Crippen LogP contribution is 2.29. The summed E-state index contributed by atoms with van der Waals surface area (Å²) in [5, 5.41) is 0. The van der Waals surface area contributed by atoms with Gasteiger partial charge in [-0.2, -0.15) is 0 Å². The number of hydrogen-bond donors (Lipinski definition) is 0. The Bertz CT molecular complexity index is 435. The molecule has 1 aromatic heterocycles. The van der Waals surface area contributed by atoms with Crippen molar-refractivity contribution in [1.29, 1.82) is 0 Å². The van der Waals surface area contributed by atoms with Crippen molar-refractivity contribution in [2.75, 3.05) is 0 Å². The molecule has 2 rings (SSSR count). The number of nitrogens with zero attached hydrogens (tertiary/aromatic N) is 2. The van der Waals surface area contributed by atoms with Crippen molar-refractivity contribution in [3.05, 3.63) is 44.8 Å². The lowest BCUT2D eigenvalue weighted by molar-refractivity contribution is 0.455. The smallest absolute Gasteiger partial charge is 0.236 e. The lowest BCUT2D eigenvalue weighted by Crippen LogP contribution is -1.91. The van der Waals surface area contributed by atoms with Gasteiger partial charge in [0.15, 0.2) is 0 Å². The predicted octanol–water partition coefficient (Wildman–Crippen LogP) is 3.64. The van der Waals surface area contributed by atoms with Gasteiger partial charge in [-0.1, -0.05) is 12.1 Å². The molecule has 1 heterocycles. The summed E-state index contributed by atoms with van der Waals surface area (Å²) < 4.78 is 7.42. The Labute approximate surface area is 109 Å². The molecule has 2 aromatic rings. The fourth-order valence-corrected chi connectivity index (χ4v) is 1.81. The molecular formula is C10H6BrIN2O. The molecule has 5 heteroatoms. The maximum absolute atomic E-state index is 5.63. The van der Waals surface area contributed by atoms with E-state index in [0.29, 0.717) is 5.88 Å². The van der Waals surface area contributed by atoms with Crippen molar-refractivity contribution in [3.63, 3.8) is 0 Å². The molecular weight excluding hydrogens is 371 g/mol. The second kappa shape index (κ2) is 4.89. The van der Waals surface area contributed by atoms with Gasteiger partial charge >= 0.3 is 0 Å². The molecule has 0 unspecified atom stereocenters. The summed E-state index contributed by atoms with van der Waals surface area (Å²) in [5.41, 5.74) is 0. The summed E-state index contributed by atoms with van der Waals surface area (Å²) in [6.07, 6.45) is 3.11. The first kappa shape index (κ1) is 10.8. The molecule has 0 N–H and O–H groups in total. The number of ether oxygens (including phenoxy) is 1. The number of para-hydroxylation sites is 1. The Balaban J connectivity index is 2.30. The lowest BCUT2D eigenvalue weighted by atomic mass is 10.3. The number of benzene rings is 1. The monoisotopic (exact) mass is 376 g/mol. The van der Waals surface area contributed by atoms with E-state index >= 15 is 0 Å². The van der Waals surface area contributed by atoms with Crippen LogP contribution in [0, 0.1) is 3.57 Å². The number of halogens is 2. The minimum absolute atomic E-state index is 0.522. The first-order chi connectivity index (χ1) is 7.27. The van der Waals surface area contributed by atoms with Gasteiger partial charge in [-0.3, -0.25) is 0 Å². The van der Waals surface area contributed by atoms with E-state index in [1.165, 1.54) is 6.33 Å². The number of hydrogen-bond acceptors (Lipinski definition) is 3. The minimum atomic E-state index is 0.522. The van der Waals surface area contributed by atoms with Crippen molar-refractivity contribution in [2.45, 2.75) is 0 Å². The average Bonchev–Trinajstić information content (AvgIpc) is 2.24. The molecule has 1 aromatic carbocycles. The van der Waals surface area contributed by atoms with Crippen LogP contribution in [0.2, 0.25) is 0 Å². The molecule has 0 bridgehead atoms. The summed E-state index contributed by atoms with van der Waals surface area (Å²) in [7, 11) is 0. The molecule has 15 heavy (non-hydrogen) atoms. The third kappa shape index (κ3) is 2.66. The second-order valence-electron chi connectivity index (χ2n) is 2.71. The second-order valence-corrected chi connectivity index (χ2v) is 4.72. The van der Waals surface area contributed by atoms with E-state index in [0.717, 1.165) is 13.8 Å². The summed E-state index contributed by atoms with van der Waals surface area (Å²) in [6, 6.07) is 7.76. The van der Waals surface area contributed by atoms with Gasteiger partial charge < -0.3 is 4.74 Å². The largest absolute Gasteiger partial charge is 0.437 e. The van der Waals surface area contributed by atoms with Gasteiger partial charge in [0, 0.05) is 6.20 Å². The third-order valence-electron chi connectivity index (χ3n) is 1.68. The van der Waals surface area contributed by atoms with Crippen LogP contribution in [0.5, 0.6) is 11.6 Å². The van der Waals surface area contributed by atoms with Crippen molar-refractivity contribution < 1.29 is 4.74 Å². The van der Waals surface area contributed by atoms with E-state index < -0.39 is 0 Å². The van der Waals surface area contributed by atoms with Crippen molar-refractivity contribution in [1.82, 2.24) is 9.97 Å². The molecule has 76 valence electrons. The summed E-state index contributed by atoms with van der Waals surface area (Å²) in [4.78, 5) is 7.90. The van der Waals surface area contributed by atoms with Crippen molar-refractivity contribution >= 4 is 38.5 Å². The van der Waals surface area contributed by atoms with Crippen LogP contribution in [-0.4, -0.2) is 9.97 Å². The lowest BCUT2D eigenvalue weighted by Gasteiger charge is -2.06. The Hall–Kier alpha value is -0.690. The Kier molecular flexibility index (Phi) is 3.53. The maximum atomic E-state index is 5.63. The van der Waals surface area contributed by atoms with Crippen LogP contribution < -0.4 is 4.74 Å². The fourth-order valence-electron chi connectivity index (χ4n) is 1.01. The van der Waals surface area contributed by atoms with Gasteiger partial charge in [-0.15, -0.1) is 0 Å². The quantitative estimate of drug-likeness (QED) is 0.750. The van der Waals surface area contributed by atoms with Crippen molar-refractivity contribution in [3.8, 4) is 11.6 Å². The Morgan fingerprint density at radius 3 is 2.80 bits per heavy atom. The van der Waals surface area contributed by atoms with E-state index in [4.69, 9.17) is 4.74 Å². The average molecular weight is 377 g/mol. The molecule has 0 fully saturated rings. The van der Waals surface area contributed by atoms with Crippen LogP contribution in [0.25, 0.3) is 0 Å². The van der Waals surface area contributed by atoms with Gasteiger partial charge in [0.2, 0.25) is 5.88 Å². The highest BCUT2D eigenvalue weighted by Gasteiger charge is 2.05. The molecule has 0 aliphatic carbocycles. The number of aromatic nitrogens is 2. The molecule has 0 aliphatic rings. The standard InChI is InChI=1S/C10H6BrIN2O/c11-7-5-13-6-14-10(7)15-9-4-2-1-3-8(9)12/h1-6H. The zero-order valence-corrected chi connectivity index (χ0v) is 11.3. The zero-order valence-electron chi connectivity index (χ0n) is 7.52. The van der Waals surface area contributed by atoms with Crippen LogP contribution in [-0.2, 0) is 0 Å². The van der Waals surface area contributed by atoms with Gasteiger partial charge in [-0.05, 0) is 50.7 Å². The van der Waals surface area contributed by atoms with Crippen LogP contribution >= 0.6 is 38.5 Å². The number of rotatable bonds is 2. The van der Waals surface area contributed by atoms with E-state index in [-0.39, 0.29) is 0 Å². The molecule has 0 amide bonds. The summed E-state index contributed by atoms with van der Waals surface area (Å²) in [5.74, 6) is 1.31. The predicted molar refractivity (Wildman–Crippen MR) is 69.0 cm³/mol. The van der Waals surface area contributed by atoms with Crippen LogP contribution in [0.3, 0.4) is 0 Å². The molecule has 0 atom stereocenters. The minimum Gasteiger partial charge on any atom is -0.437 e. The van der Waals surface area contributed by atoms with E-state index in [2.05, 4.69) is 48.5 Å². The molecule has 0 spiro atoms. The molecule has 3 nitrogen and oxygen atoms in total. The molecule has 0 saturated heterocycles. The van der Waals surface area contributed by atoms with Crippen LogP contribution in [0.4, 0.5) is 0 Å². The van der Waals surface area contributed by atoms with E-state index in [1.54, 1.807) is 6.20 Å². The fraction of sp³-hybridized carbons (Fsp3) is 0. The van der Waals surface area contributed by atoms with Gasteiger partial charge in [-0.25, -0.2) is 9.97 Å². The van der Waals surface area contributed by atoms with E-state index in [9.17, 15) is 0 Å². The van der Waals surface area contributed by atoms with Gasteiger partial charge in [0.1, 0.15) is 12.1 Å². The van der Waals surface area contributed by atoms with Crippen molar-refractivity contribution in [2.24, 2.45) is 0 Å². The normalized spacial score (nSPS) is 10.0. The highest BCUT2D eigenvalue weighted by molar-refractivity contribution is 14.1. The topological polar surface area (TPSA) is 35.0 Å². The summed E-state index contributed by atoms with van der Waals surface area (Å²) in [6.45, 7) is 0. The molecule has 0 radical (unpaired) electrons. The first-order valence-electron chi connectivity index (χ1n) is 4.15. The third-order valence-corrected chi connectivity index (χ3v) is 3.11. The molecule has 0 saturated carbocycles. The first-order valence-corrected chi connectivity index (χ1v) is 6.02. The SMILES string of the molecule is Brc1cncnc1Oc1ccccc1I. The van der Waals surface area contributed by atoms with E-state index in [1.807, 2.05) is 24.3 Å². The zero-order chi connectivity index (χ0) is 10.7. The molecule has 0 aliphatic heterocycles. The van der Waals surface area contributed by atoms with Gasteiger partial charge in [0.25, 0.3) is 0 Å². The Morgan fingerprint density at radius 2 is 2.07 bits per heavy atom. The highest BCUT2D eigenvalue weighted by atomic mass is 127. The van der Waals surface area contributed by atoms with Gasteiger partial charge in [0.05, 0.1) is 8.04 Å². The Morgan fingerprint density at radius 1 is 1.27 bits per heavy atom. The van der Waals surface area contributed by atoms with Crippen LogP contribution in [0.15, 0.2) is 41.3 Å². The maximum Gasteiger partial charge on any atom is 0.236 e.